The maximum Gasteiger partial charge on any atom is 0.234 e. The molecular formula is C15H20N4O. The van der Waals surface area contributed by atoms with Gasteiger partial charge in [0, 0.05) is 24.1 Å². The van der Waals surface area contributed by atoms with Gasteiger partial charge in [0.25, 0.3) is 0 Å². The number of nitrogens with zero attached hydrogens (tertiary/aromatic N) is 2. The lowest BCUT2D eigenvalue weighted by molar-refractivity contribution is -0.119. The summed E-state index contributed by atoms with van der Waals surface area (Å²) in [7, 11) is 0. The first-order valence-corrected chi connectivity index (χ1v) is 6.64. The predicted octanol–water partition coefficient (Wildman–Crippen LogP) is 1.71. The van der Waals surface area contributed by atoms with E-state index in [9.17, 15) is 4.79 Å². The van der Waals surface area contributed by atoms with Crippen LogP contribution >= 0.6 is 0 Å². The van der Waals surface area contributed by atoms with Crippen molar-refractivity contribution in [2.45, 2.75) is 32.9 Å². The minimum absolute atomic E-state index is 0.0652. The zero-order valence-electron chi connectivity index (χ0n) is 12.0. The maximum absolute atomic E-state index is 11.1. The fraction of sp³-hybridized carbons (Fsp3) is 0.333. The van der Waals surface area contributed by atoms with Crippen molar-refractivity contribution >= 4 is 5.91 Å². The molecule has 0 aliphatic heterocycles. The fourth-order valence-electron chi connectivity index (χ4n) is 2.13. The van der Waals surface area contributed by atoms with Gasteiger partial charge in [0.05, 0.1) is 6.04 Å². The van der Waals surface area contributed by atoms with Crippen LogP contribution in [-0.2, 0) is 4.79 Å². The quantitative estimate of drug-likeness (QED) is 0.870. The topological polar surface area (TPSA) is 72.9 Å². The molecule has 1 aromatic carbocycles. The zero-order chi connectivity index (χ0) is 14.7. The van der Waals surface area contributed by atoms with E-state index < -0.39 is 0 Å². The number of benzene rings is 1. The molecule has 2 unspecified atom stereocenters. The molecular weight excluding hydrogens is 252 g/mol. The van der Waals surface area contributed by atoms with Gasteiger partial charge in [-0.15, -0.1) is 0 Å². The van der Waals surface area contributed by atoms with Gasteiger partial charge in [-0.2, -0.15) is 0 Å². The Morgan fingerprint density at radius 3 is 2.45 bits per heavy atom. The van der Waals surface area contributed by atoms with Gasteiger partial charge >= 0.3 is 0 Å². The number of hydrogen-bond donors (Lipinski definition) is 2. The minimum Gasteiger partial charge on any atom is -0.368 e. The first-order valence-electron chi connectivity index (χ1n) is 6.64. The molecule has 0 aliphatic rings. The molecule has 1 aromatic heterocycles. The van der Waals surface area contributed by atoms with Crippen LogP contribution in [0.3, 0.4) is 0 Å². The molecule has 1 heterocycles. The van der Waals surface area contributed by atoms with Crippen LogP contribution in [0.25, 0.3) is 5.69 Å². The van der Waals surface area contributed by atoms with Crippen molar-refractivity contribution in [3.63, 3.8) is 0 Å². The normalized spacial score (nSPS) is 13.9. The van der Waals surface area contributed by atoms with E-state index in [1.807, 2.05) is 48.9 Å². The molecule has 106 valence electrons. The highest BCUT2D eigenvalue weighted by atomic mass is 16.1. The SMILES string of the molecule is Cc1nccn1-c1ccc(C(C)NC(C)C(N)=O)cc1. The summed E-state index contributed by atoms with van der Waals surface area (Å²) in [5.41, 5.74) is 7.43. The zero-order valence-corrected chi connectivity index (χ0v) is 12.0. The van der Waals surface area contributed by atoms with Gasteiger partial charge in [-0.1, -0.05) is 12.1 Å². The van der Waals surface area contributed by atoms with Crippen LogP contribution in [0.5, 0.6) is 0 Å². The molecule has 0 fully saturated rings. The Labute approximate surface area is 118 Å². The summed E-state index contributed by atoms with van der Waals surface area (Å²) in [5, 5.41) is 3.17. The Hall–Kier alpha value is -2.14. The van der Waals surface area contributed by atoms with E-state index in [-0.39, 0.29) is 18.0 Å². The summed E-state index contributed by atoms with van der Waals surface area (Å²) in [5.74, 6) is 0.605. The lowest BCUT2D eigenvalue weighted by Crippen LogP contribution is -2.39. The van der Waals surface area contributed by atoms with Crippen LogP contribution in [0, 0.1) is 6.92 Å². The molecule has 20 heavy (non-hydrogen) atoms. The summed E-state index contributed by atoms with van der Waals surface area (Å²) in [4.78, 5) is 15.3. The fourth-order valence-corrected chi connectivity index (χ4v) is 2.13. The van der Waals surface area contributed by atoms with Crippen LogP contribution in [0.2, 0.25) is 0 Å². The average molecular weight is 272 g/mol. The lowest BCUT2D eigenvalue weighted by atomic mass is 10.1. The molecule has 0 bridgehead atoms. The largest absolute Gasteiger partial charge is 0.368 e. The third-order valence-electron chi connectivity index (χ3n) is 3.42. The van der Waals surface area contributed by atoms with Crippen LogP contribution in [0.4, 0.5) is 0 Å². The third-order valence-corrected chi connectivity index (χ3v) is 3.42. The van der Waals surface area contributed by atoms with Gasteiger partial charge in [-0.05, 0) is 38.5 Å². The number of nitrogens with two attached hydrogens (primary N) is 1. The molecule has 3 N–H and O–H groups in total. The van der Waals surface area contributed by atoms with Crippen molar-refractivity contribution in [2.24, 2.45) is 5.73 Å². The second kappa shape index (κ2) is 5.88. The molecule has 5 nitrogen and oxygen atoms in total. The van der Waals surface area contributed by atoms with Gasteiger partial charge < -0.3 is 10.3 Å². The van der Waals surface area contributed by atoms with Crippen molar-refractivity contribution < 1.29 is 4.79 Å². The number of hydrogen-bond acceptors (Lipinski definition) is 3. The Bertz CT molecular complexity index is 588. The molecule has 0 spiro atoms. The average Bonchev–Trinajstić information content (AvgIpc) is 2.85. The minimum atomic E-state index is -0.347. The molecule has 1 amide bonds. The van der Waals surface area contributed by atoms with Crippen LogP contribution in [0.15, 0.2) is 36.7 Å². The van der Waals surface area contributed by atoms with Crippen molar-refractivity contribution in [3.8, 4) is 5.69 Å². The highest BCUT2D eigenvalue weighted by Gasteiger charge is 2.13. The lowest BCUT2D eigenvalue weighted by Gasteiger charge is -2.18. The maximum atomic E-state index is 11.1. The van der Waals surface area contributed by atoms with Crippen molar-refractivity contribution in [3.05, 3.63) is 48.0 Å². The number of aryl methyl sites for hydroxylation is 1. The highest BCUT2D eigenvalue weighted by molar-refractivity contribution is 5.79. The molecule has 0 radical (unpaired) electrons. The summed E-state index contributed by atoms with van der Waals surface area (Å²) in [6.45, 7) is 5.74. The number of imidazole rings is 1. The van der Waals surface area contributed by atoms with E-state index in [4.69, 9.17) is 5.73 Å². The monoisotopic (exact) mass is 272 g/mol. The molecule has 0 saturated heterocycles. The van der Waals surface area contributed by atoms with Crippen molar-refractivity contribution in [2.75, 3.05) is 0 Å². The highest BCUT2D eigenvalue weighted by Crippen LogP contribution is 2.17. The number of aromatic nitrogens is 2. The van der Waals surface area contributed by atoms with Gasteiger partial charge in [0.1, 0.15) is 5.82 Å². The van der Waals surface area contributed by atoms with E-state index in [1.54, 1.807) is 13.1 Å². The number of carbonyl (C=O) groups excluding carboxylic acids is 1. The molecule has 5 heteroatoms. The van der Waals surface area contributed by atoms with E-state index in [0.717, 1.165) is 17.1 Å². The summed E-state index contributed by atoms with van der Waals surface area (Å²) >= 11 is 0. The molecule has 2 rings (SSSR count). The third kappa shape index (κ3) is 3.05. The number of primary amides is 1. The number of carbonyl (C=O) groups is 1. The van der Waals surface area contributed by atoms with E-state index in [2.05, 4.69) is 10.3 Å². The van der Waals surface area contributed by atoms with Crippen LogP contribution in [0.1, 0.15) is 31.3 Å². The number of rotatable bonds is 5. The second-order valence-corrected chi connectivity index (χ2v) is 4.95. The second-order valence-electron chi connectivity index (χ2n) is 4.95. The Kier molecular flexibility index (Phi) is 4.20. The number of amides is 1. The van der Waals surface area contributed by atoms with E-state index >= 15 is 0 Å². The predicted molar refractivity (Wildman–Crippen MR) is 78.5 cm³/mol. The van der Waals surface area contributed by atoms with Crippen molar-refractivity contribution in [1.82, 2.24) is 14.9 Å². The van der Waals surface area contributed by atoms with Gasteiger partial charge in [0.15, 0.2) is 0 Å². The van der Waals surface area contributed by atoms with Gasteiger partial charge in [0.2, 0.25) is 5.91 Å². The van der Waals surface area contributed by atoms with Crippen LogP contribution in [-0.4, -0.2) is 21.5 Å². The smallest absolute Gasteiger partial charge is 0.234 e. The van der Waals surface area contributed by atoms with E-state index in [1.165, 1.54) is 0 Å². The first kappa shape index (κ1) is 14.3. The summed E-state index contributed by atoms with van der Waals surface area (Å²) < 4.78 is 2.02. The Balaban J connectivity index is 2.12. The van der Waals surface area contributed by atoms with Crippen LogP contribution < -0.4 is 11.1 Å². The molecule has 2 atom stereocenters. The van der Waals surface area contributed by atoms with E-state index in [0.29, 0.717) is 0 Å². The van der Waals surface area contributed by atoms with Gasteiger partial charge in [-0.25, -0.2) is 4.98 Å². The number of nitrogens with one attached hydrogen (secondary N) is 1. The molecule has 0 saturated carbocycles. The van der Waals surface area contributed by atoms with Gasteiger partial charge in [-0.3, -0.25) is 10.1 Å². The first-order chi connectivity index (χ1) is 9.49. The van der Waals surface area contributed by atoms with Crippen molar-refractivity contribution in [1.29, 1.82) is 0 Å². The standard InChI is InChI=1S/C15H20N4O/c1-10(18-11(2)15(16)20)13-4-6-14(7-5-13)19-9-8-17-12(19)3/h4-11,18H,1-3H3,(H2,16,20). The summed E-state index contributed by atoms with van der Waals surface area (Å²) in [6.07, 6.45) is 3.71. The molecule has 2 aromatic rings. The Morgan fingerprint density at radius 2 is 1.95 bits per heavy atom. The summed E-state index contributed by atoms with van der Waals surface area (Å²) in [6, 6.07) is 7.88. The molecule has 0 aliphatic carbocycles. The Morgan fingerprint density at radius 1 is 1.30 bits per heavy atom.